The smallest absolute Gasteiger partial charge is 0.0789 e. The van der Waals surface area contributed by atoms with Gasteiger partial charge in [-0.05, 0) is 53.5 Å². The van der Waals surface area contributed by atoms with Crippen molar-refractivity contribution in [2.24, 2.45) is 5.73 Å². The van der Waals surface area contributed by atoms with E-state index in [1.165, 1.54) is 19.4 Å². The van der Waals surface area contributed by atoms with Crippen LogP contribution < -0.4 is 5.73 Å². The molecule has 0 aromatic heterocycles. The number of hydrogen-bond acceptors (Lipinski definition) is 3. The summed E-state index contributed by atoms with van der Waals surface area (Å²) in [6.45, 7) is 10.8. The zero-order valence-corrected chi connectivity index (χ0v) is 11.1. The van der Waals surface area contributed by atoms with Crippen molar-refractivity contribution in [3.05, 3.63) is 0 Å². The van der Waals surface area contributed by atoms with Crippen molar-refractivity contribution in [3.8, 4) is 0 Å². The second-order valence-corrected chi connectivity index (χ2v) is 6.45. The molecule has 2 unspecified atom stereocenters. The Balaban J connectivity index is 2.14. The van der Waals surface area contributed by atoms with Crippen molar-refractivity contribution >= 4 is 0 Å². The fourth-order valence-corrected chi connectivity index (χ4v) is 3.57. The Kier molecular flexibility index (Phi) is 3.06. The third-order valence-corrected chi connectivity index (χ3v) is 4.12. The van der Waals surface area contributed by atoms with Crippen LogP contribution in [0.5, 0.6) is 0 Å². The minimum atomic E-state index is -0.0404. The van der Waals surface area contributed by atoms with Crippen LogP contribution in [0, 0.1) is 0 Å². The van der Waals surface area contributed by atoms with Crippen molar-refractivity contribution in [1.29, 1.82) is 0 Å². The van der Waals surface area contributed by atoms with Crippen molar-refractivity contribution in [3.63, 3.8) is 0 Å². The van der Waals surface area contributed by atoms with Gasteiger partial charge >= 0.3 is 0 Å². The first kappa shape index (κ1) is 12.3. The first-order valence-electron chi connectivity index (χ1n) is 6.52. The molecule has 0 aromatic rings. The van der Waals surface area contributed by atoms with Gasteiger partial charge in [-0.25, -0.2) is 0 Å². The standard InChI is InChI=1S/C13H26N2O/c1-12(2)8-11(13(3,4)16-12)15-7-5-6-10(15)9-14/h10-11H,5-9,14H2,1-4H3. The summed E-state index contributed by atoms with van der Waals surface area (Å²) in [4.78, 5) is 2.59. The van der Waals surface area contributed by atoms with Gasteiger partial charge in [0.2, 0.25) is 0 Å². The average molecular weight is 226 g/mol. The molecule has 0 radical (unpaired) electrons. The van der Waals surface area contributed by atoms with Gasteiger partial charge in [0.1, 0.15) is 0 Å². The maximum atomic E-state index is 6.17. The highest BCUT2D eigenvalue weighted by molar-refractivity contribution is 5.02. The molecule has 0 amide bonds. The van der Waals surface area contributed by atoms with E-state index >= 15 is 0 Å². The lowest BCUT2D eigenvalue weighted by Crippen LogP contribution is -2.50. The van der Waals surface area contributed by atoms with Crippen molar-refractivity contribution in [2.75, 3.05) is 13.1 Å². The molecule has 0 spiro atoms. The molecule has 2 aliphatic rings. The maximum absolute atomic E-state index is 6.17. The van der Waals surface area contributed by atoms with Crippen molar-refractivity contribution < 1.29 is 4.74 Å². The highest BCUT2D eigenvalue weighted by Gasteiger charge is 2.50. The molecule has 0 saturated carbocycles. The van der Waals surface area contributed by atoms with Crippen LogP contribution in [0.3, 0.4) is 0 Å². The van der Waals surface area contributed by atoms with Gasteiger partial charge < -0.3 is 10.5 Å². The van der Waals surface area contributed by atoms with Crippen LogP contribution >= 0.6 is 0 Å². The molecule has 3 heteroatoms. The molecule has 2 heterocycles. The molecule has 16 heavy (non-hydrogen) atoms. The van der Waals surface area contributed by atoms with Crippen molar-refractivity contribution in [2.45, 2.75) is 70.2 Å². The second kappa shape index (κ2) is 3.97. The summed E-state index contributed by atoms with van der Waals surface area (Å²) >= 11 is 0. The monoisotopic (exact) mass is 226 g/mol. The van der Waals surface area contributed by atoms with Crippen LogP contribution in [0.4, 0.5) is 0 Å². The summed E-state index contributed by atoms with van der Waals surface area (Å²) in [7, 11) is 0. The molecular formula is C13H26N2O. The average Bonchev–Trinajstić information content (AvgIpc) is 2.66. The van der Waals surface area contributed by atoms with E-state index in [2.05, 4.69) is 32.6 Å². The van der Waals surface area contributed by atoms with Gasteiger partial charge in [-0.1, -0.05) is 0 Å². The SMILES string of the molecule is CC1(C)CC(N2CCCC2CN)C(C)(C)O1. The van der Waals surface area contributed by atoms with Crippen LogP contribution in [0.1, 0.15) is 47.0 Å². The predicted molar refractivity (Wildman–Crippen MR) is 66.4 cm³/mol. The Hall–Kier alpha value is -0.120. The highest BCUT2D eigenvalue weighted by atomic mass is 16.5. The fourth-order valence-electron chi connectivity index (χ4n) is 3.57. The number of nitrogens with zero attached hydrogens (tertiary/aromatic N) is 1. The Morgan fingerprint density at radius 1 is 1.31 bits per heavy atom. The summed E-state index contributed by atoms with van der Waals surface area (Å²) in [6.07, 6.45) is 3.66. The normalized spacial score (nSPS) is 38.1. The van der Waals surface area contributed by atoms with E-state index in [4.69, 9.17) is 10.5 Å². The van der Waals surface area contributed by atoms with Gasteiger partial charge in [0.15, 0.2) is 0 Å². The second-order valence-electron chi connectivity index (χ2n) is 6.45. The van der Waals surface area contributed by atoms with Gasteiger partial charge in [0.05, 0.1) is 11.2 Å². The number of nitrogens with two attached hydrogens (primary N) is 1. The molecular weight excluding hydrogens is 200 g/mol. The number of hydrogen-bond donors (Lipinski definition) is 1. The predicted octanol–water partition coefficient (Wildman–Crippen LogP) is 1.76. The molecule has 2 aliphatic heterocycles. The van der Waals surface area contributed by atoms with Gasteiger partial charge in [-0.15, -0.1) is 0 Å². The lowest BCUT2D eigenvalue weighted by atomic mass is 9.92. The molecule has 0 aromatic carbocycles. The molecule has 2 N–H and O–H groups in total. The summed E-state index contributed by atoms with van der Waals surface area (Å²) in [5.41, 5.74) is 5.83. The van der Waals surface area contributed by atoms with E-state index < -0.39 is 0 Å². The molecule has 2 atom stereocenters. The maximum Gasteiger partial charge on any atom is 0.0789 e. The first-order valence-corrected chi connectivity index (χ1v) is 6.52. The van der Waals surface area contributed by atoms with Gasteiger partial charge in [0.25, 0.3) is 0 Å². The zero-order valence-electron chi connectivity index (χ0n) is 11.1. The quantitative estimate of drug-likeness (QED) is 0.779. The lowest BCUT2D eigenvalue weighted by molar-refractivity contribution is -0.0813. The lowest BCUT2D eigenvalue weighted by Gasteiger charge is -2.37. The van der Waals surface area contributed by atoms with Gasteiger partial charge in [-0.2, -0.15) is 0 Å². The minimum Gasteiger partial charge on any atom is -0.368 e. The fraction of sp³-hybridized carbons (Fsp3) is 1.00. The van der Waals surface area contributed by atoms with Crippen LogP contribution in [0.15, 0.2) is 0 Å². The minimum absolute atomic E-state index is 0.00983. The summed E-state index contributed by atoms with van der Waals surface area (Å²) < 4.78 is 6.17. The third kappa shape index (κ3) is 2.13. The summed E-state index contributed by atoms with van der Waals surface area (Å²) in [5.74, 6) is 0. The summed E-state index contributed by atoms with van der Waals surface area (Å²) in [5, 5.41) is 0. The molecule has 3 nitrogen and oxygen atoms in total. The van der Waals surface area contributed by atoms with E-state index in [0.717, 1.165) is 13.0 Å². The Bertz CT molecular complexity index is 263. The molecule has 2 fully saturated rings. The van der Waals surface area contributed by atoms with E-state index in [0.29, 0.717) is 12.1 Å². The zero-order chi connectivity index (χ0) is 12.0. The van der Waals surface area contributed by atoms with Gasteiger partial charge in [0, 0.05) is 18.6 Å². The Morgan fingerprint density at radius 2 is 2.00 bits per heavy atom. The van der Waals surface area contributed by atoms with Crippen LogP contribution in [-0.2, 0) is 4.74 Å². The molecule has 2 saturated heterocycles. The Labute approximate surface area is 99.3 Å². The third-order valence-electron chi connectivity index (χ3n) is 4.12. The van der Waals surface area contributed by atoms with Crippen LogP contribution in [-0.4, -0.2) is 41.3 Å². The number of likely N-dealkylation sites (tertiary alicyclic amines) is 1. The van der Waals surface area contributed by atoms with Crippen LogP contribution in [0.25, 0.3) is 0 Å². The Morgan fingerprint density at radius 3 is 2.50 bits per heavy atom. The largest absolute Gasteiger partial charge is 0.368 e. The number of rotatable bonds is 2. The molecule has 0 bridgehead atoms. The molecule has 2 rings (SSSR count). The molecule has 0 aliphatic carbocycles. The number of ether oxygens (including phenoxy) is 1. The van der Waals surface area contributed by atoms with E-state index in [1.54, 1.807) is 0 Å². The van der Waals surface area contributed by atoms with Crippen molar-refractivity contribution in [1.82, 2.24) is 4.90 Å². The highest BCUT2D eigenvalue weighted by Crippen LogP contribution is 2.42. The van der Waals surface area contributed by atoms with E-state index in [9.17, 15) is 0 Å². The summed E-state index contributed by atoms with van der Waals surface area (Å²) in [6, 6.07) is 1.10. The topological polar surface area (TPSA) is 38.5 Å². The van der Waals surface area contributed by atoms with Gasteiger partial charge in [-0.3, -0.25) is 4.90 Å². The van der Waals surface area contributed by atoms with Crippen LogP contribution in [0.2, 0.25) is 0 Å². The van der Waals surface area contributed by atoms with E-state index in [1.807, 2.05) is 0 Å². The molecule has 94 valence electrons. The van der Waals surface area contributed by atoms with E-state index in [-0.39, 0.29) is 11.2 Å². The first-order chi connectivity index (χ1) is 7.36.